The molecule has 0 bridgehead atoms. The van der Waals surface area contributed by atoms with Crippen LogP contribution in [0.15, 0.2) is 66.7 Å². The number of carbonyl (C=O) groups excluding carboxylic acids is 1. The van der Waals surface area contributed by atoms with Crippen LogP contribution in [-0.2, 0) is 4.79 Å². The fourth-order valence-corrected chi connectivity index (χ4v) is 3.63. The van der Waals surface area contributed by atoms with Crippen molar-refractivity contribution >= 4 is 12.0 Å². The number of likely N-dealkylation sites (N-methyl/N-ethyl adjacent to an activating group) is 1. The van der Waals surface area contributed by atoms with Crippen molar-refractivity contribution in [1.29, 1.82) is 0 Å². The number of nitrogens with zero attached hydrogens (tertiary/aromatic N) is 2. The summed E-state index contributed by atoms with van der Waals surface area (Å²) in [7, 11) is 3.67. The number of hydrogen-bond acceptors (Lipinski definition) is 2. The summed E-state index contributed by atoms with van der Waals surface area (Å²) >= 11 is 0. The molecule has 0 N–H and O–H groups in total. The van der Waals surface area contributed by atoms with Crippen LogP contribution in [0.1, 0.15) is 29.9 Å². The van der Waals surface area contributed by atoms with Gasteiger partial charge in [-0.2, -0.15) is 0 Å². The first-order valence-corrected chi connectivity index (χ1v) is 9.38. The third kappa shape index (κ3) is 4.61. The van der Waals surface area contributed by atoms with Crippen LogP contribution in [0.5, 0.6) is 0 Å². The second-order valence-corrected chi connectivity index (χ2v) is 7.17. The molecule has 1 aliphatic heterocycles. The lowest BCUT2D eigenvalue weighted by molar-refractivity contribution is -0.133. The van der Waals surface area contributed by atoms with Gasteiger partial charge < -0.3 is 4.90 Å². The molecule has 3 heteroatoms. The minimum Gasteiger partial charge on any atom is -0.347 e. The van der Waals surface area contributed by atoms with Gasteiger partial charge in [-0.1, -0.05) is 72.8 Å². The van der Waals surface area contributed by atoms with Crippen molar-refractivity contribution in [2.75, 3.05) is 27.2 Å². The van der Waals surface area contributed by atoms with Crippen LogP contribution in [0.4, 0.5) is 0 Å². The highest BCUT2D eigenvalue weighted by atomic mass is 16.2. The van der Waals surface area contributed by atoms with E-state index in [0.717, 1.165) is 31.5 Å². The minimum absolute atomic E-state index is 0.148. The van der Waals surface area contributed by atoms with E-state index in [1.165, 1.54) is 5.56 Å². The van der Waals surface area contributed by atoms with Crippen molar-refractivity contribution in [2.45, 2.75) is 24.8 Å². The molecule has 1 unspecified atom stereocenters. The lowest BCUT2D eigenvalue weighted by Gasteiger charge is -2.36. The number of likely N-dealkylation sites (tertiary alicyclic amines) is 1. The van der Waals surface area contributed by atoms with Gasteiger partial charge in [0.2, 0.25) is 5.91 Å². The summed E-state index contributed by atoms with van der Waals surface area (Å²) in [5.41, 5.74) is 2.55. The maximum atomic E-state index is 12.7. The van der Waals surface area contributed by atoms with Crippen LogP contribution < -0.4 is 0 Å². The second kappa shape index (κ2) is 8.81. The highest BCUT2D eigenvalue weighted by Gasteiger charge is 2.29. The van der Waals surface area contributed by atoms with Crippen LogP contribution in [0.3, 0.4) is 0 Å². The third-order valence-electron chi connectivity index (χ3n) is 5.16. The normalized spacial score (nSPS) is 17.3. The first-order chi connectivity index (χ1) is 12.6. The first-order valence-electron chi connectivity index (χ1n) is 9.38. The molecule has 136 valence electrons. The Morgan fingerprint density at radius 3 is 2.15 bits per heavy atom. The Balaban J connectivity index is 1.70. The molecule has 1 heterocycles. The van der Waals surface area contributed by atoms with Gasteiger partial charge in [-0.25, -0.2) is 0 Å². The van der Waals surface area contributed by atoms with E-state index in [-0.39, 0.29) is 11.9 Å². The summed E-state index contributed by atoms with van der Waals surface area (Å²) in [4.78, 5) is 16.8. The van der Waals surface area contributed by atoms with E-state index in [1.54, 1.807) is 4.90 Å². The zero-order valence-electron chi connectivity index (χ0n) is 15.7. The van der Waals surface area contributed by atoms with E-state index in [1.807, 2.05) is 32.3 Å². The Morgan fingerprint density at radius 2 is 1.58 bits per heavy atom. The van der Waals surface area contributed by atoms with E-state index in [4.69, 9.17) is 0 Å². The number of amides is 1. The van der Waals surface area contributed by atoms with E-state index >= 15 is 0 Å². The Labute approximate surface area is 156 Å². The van der Waals surface area contributed by atoms with Crippen LogP contribution >= 0.6 is 0 Å². The minimum atomic E-state index is -0.193. The molecule has 0 saturated carbocycles. The molecule has 0 radical (unpaired) electrons. The van der Waals surface area contributed by atoms with Gasteiger partial charge in [0.15, 0.2) is 0 Å². The first kappa shape index (κ1) is 18.4. The fraction of sp³-hybridized carbons (Fsp3) is 0.348. The highest BCUT2D eigenvalue weighted by molar-refractivity contribution is 5.84. The molecular formula is C23H28N2O. The summed E-state index contributed by atoms with van der Waals surface area (Å²) in [6.07, 6.45) is 6.32. The molecule has 1 amide bonds. The maximum absolute atomic E-state index is 12.7. The Hall–Kier alpha value is -2.39. The van der Waals surface area contributed by atoms with Gasteiger partial charge in [-0.05, 0) is 43.0 Å². The molecule has 1 fully saturated rings. The Kier molecular flexibility index (Phi) is 6.24. The lowest BCUT2D eigenvalue weighted by atomic mass is 9.89. The van der Waals surface area contributed by atoms with Crippen molar-refractivity contribution in [3.05, 3.63) is 77.9 Å². The topological polar surface area (TPSA) is 23.6 Å². The number of piperidine rings is 1. The molecule has 2 aromatic carbocycles. The van der Waals surface area contributed by atoms with Crippen LogP contribution in [0.2, 0.25) is 0 Å². The van der Waals surface area contributed by atoms with Gasteiger partial charge in [-0.15, -0.1) is 0 Å². The average molecular weight is 348 g/mol. The standard InChI is InChI=1S/C23H28N2O/c1-24(2)23(26)22(14-13-19-9-5-3-6-10-19)25-17-15-21(16-18-25)20-11-7-4-8-12-20/h3-14,21-22H,15-18H2,1-2H3/b14-13+. The summed E-state index contributed by atoms with van der Waals surface area (Å²) < 4.78 is 0. The number of hydrogen-bond donors (Lipinski definition) is 0. The van der Waals surface area contributed by atoms with Crippen molar-refractivity contribution in [3.8, 4) is 0 Å². The summed E-state index contributed by atoms with van der Waals surface area (Å²) in [6, 6.07) is 20.7. The Bertz CT molecular complexity index is 716. The largest absolute Gasteiger partial charge is 0.347 e. The molecule has 0 spiro atoms. The van der Waals surface area contributed by atoms with Crippen molar-refractivity contribution < 1.29 is 4.79 Å². The molecule has 0 aromatic heterocycles. The summed E-state index contributed by atoms with van der Waals surface area (Å²) in [5, 5.41) is 0. The van der Waals surface area contributed by atoms with Crippen molar-refractivity contribution in [3.63, 3.8) is 0 Å². The van der Waals surface area contributed by atoms with E-state index in [2.05, 4.69) is 59.5 Å². The third-order valence-corrected chi connectivity index (χ3v) is 5.16. The van der Waals surface area contributed by atoms with Gasteiger partial charge in [-0.3, -0.25) is 9.69 Å². The van der Waals surface area contributed by atoms with Gasteiger partial charge >= 0.3 is 0 Å². The number of rotatable bonds is 5. The van der Waals surface area contributed by atoms with Gasteiger partial charge in [0, 0.05) is 14.1 Å². The SMILES string of the molecule is CN(C)C(=O)C(/C=C/c1ccccc1)N1CCC(c2ccccc2)CC1. The fourth-order valence-electron chi connectivity index (χ4n) is 3.63. The average Bonchev–Trinajstić information content (AvgIpc) is 2.70. The summed E-state index contributed by atoms with van der Waals surface area (Å²) in [6.45, 7) is 1.89. The maximum Gasteiger partial charge on any atom is 0.243 e. The lowest BCUT2D eigenvalue weighted by Crippen LogP contribution is -2.48. The van der Waals surface area contributed by atoms with Gasteiger partial charge in [0.1, 0.15) is 6.04 Å². The van der Waals surface area contributed by atoms with Gasteiger partial charge in [0.05, 0.1) is 0 Å². The zero-order valence-corrected chi connectivity index (χ0v) is 15.7. The second-order valence-electron chi connectivity index (χ2n) is 7.17. The molecule has 2 aromatic rings. The van der Waals surface area contributed by atoms with Crippen LogP contribution in [0, 0.1) is 0 Å². The molecule has 1 aliphatic rings. The van der Waals surface area contributed by atoms with E-state index < -0.39 is 0 Å². The molecular weight excluding hydrogens is 320 g/mol. The van der Waals surface area contributed by atoms with Crippen molar-refractivity contribution in [2.24, 2.45) is 0 Å². The molecule has 3 nitrogen and oxygen atoms in total. The van der Waals surface area contributed by atoms with Crippen LogP contribution in [0.25, 0.3) is 6.08 Å². The smallest absolute Gasteiger partial charge is 0.243 e. The van der Waals surface area contributed by atoms with Gasteiger partial charge in [0.25, 0.3) is 0 Å². The molecule has 1 saturated heterocycles. The molecule has 3 rings (SSSR count). The predicted molar refractivity (Wildman–Crippen MR) is 108 cm³/mol. The number of benzene rings is 2. The zero-order chi connectivity index (χ0) is 18.4. The quantitative estimate of drug-likeness (QED) is 0.814. The molecule has 1 atom stereocenters. The highest BCUT2D eigenvalue weighted by Crippen LogP contribution is 2.29. The van der Waals surface area contributed by atoms with Crippen LogP contribution in [-0.4, -0.2) is 48.9 Å². The molecule has 26 heavy (non-hydrogen) atoms. The van der Waals surface area contributed by atoms with E-state index in [0.29, 0.717) is 5.92 Å². The van der Waals surface area contributed by atoms with Crippen molar-refractivity contribution in [1.82, 2.24) is 9.80 Å². The number of carbonyl (C=O) groups is 1. The predicted octanol–water partition coefficient (Wildman–Crippen LogP) is 4.04. The Morgan fingerprint density at radius 1 is 1.00 bits per heavy atom. The monoisotopic (exact) mass is 348 g/mol. The molecule has 0 aliphatic carbocycles. The summed E-state index contributed by atoms with van der Waals surface area (Å²) in [5.74, 6) is 0.746. The van der Waals surface area contributed by atoms with E-state index in [9.17, 15) is 4.79 Å².